The van der Waals surface area contributed by atoms with Crippen LogP contribution in [0.1, 0.15) is 24.7 Å². The second-order valence-corrected chi connectivity index (χ2v) is 5.14. The topological polar surface area (TPSA) is 46.9 Å². The van der Waals surface area contributed by atoms with Crippen LogP contribution in [-0.4, -0.2) is 27.9 Å². The third-order valence-electron chi connectivity index (χ3n) is 3.31. The molecule has 0 unspecified atom stereocenters. The number of alkyl halides is 1. The van der Waals surface area contributed by atoms with E-state index in [1.54, 1.807) is 0 Å². The monoisotopic (exact) mass is 293 g/mol. The molecule has 1 aromatic carbocycles. The van der Waals surface area contributed by atoms with Crippen LogP contribution in [0.3, 0.4) is 0 Å². The van der Waals surface area contributed by atoms with Gasteiger partial charge >= 0.3 is 0 Å². The van der Waals surface area contributed by atoms with E-state index in [1.807, 2.05) is 32.0 Å². The van der Waals surface area contributed by atoms with E-state index in [0.717, 1.165) is 22.4 Å². The average Bonchev–Trinajstić information content (AvgIpc) is 2.77. The summed E-state index contributed by atoms with van der Waals surface area (Å²) in [5.74, 6) is 1.55. The molecule has 1 amide bonds. The number of imidazole rings is 1. The van der Waals surface area contributed by atoms with Crippen molar-refractivity contribution in [3.05, 3.63) is 29.6 Å². The zero-order valence-electron chi connectivity index (χ0n) is 11.9. The molecule has 0 atom stereocenters. The molecule has 0 bridgehead atoms. The standard InChI is InChI=1S/C15H20ClN3O/c1-3-17-14(20)8-10-19-12-6-4-5-11(2)15(12)18-13(19)7-9-16/h4-6H,3,7-10H2,1-2H3,(H,17,20). The molecule has 0 radical (unpaired) electrons. The van der Waals surface area contributed by atoms with E-state index < -0.39 is 0 Å². The zero-order valence-corrected chi connectivity index (χ0v) is 12.7. The highest BCUT2D eigenvalue weighted by Crippen LogP contribution is 2.20. The highest BCUT2D eigenvalue weighted by atomic mass is 35.5. The second-order valence-electron chi connectivity index (χ2n) is 4.76. The number of nitrogens with one attached hydrogen (secondary N) is 1. The normalized spacial score (nSPS) is 10.9. The van der Waals surface area contributed by atoms with Gasteiger partial charge in [-0.15, -0.1) is 11.6 Å². The van der Waals surface area contributed by atoms with E-state index in [9.17, 15) is 4.79 Å². The molecule has 4 nitrogen and oxygen atoms in total. The minimum absolute atomic E-state index is 0.0684. The number of halogens is 1. The fourth-order valence-corrected chi connectivity index (χ4v) is 2.53. The van der Waals surface area contributed by atoms with Crippen molar-refractivity contribution in [2.75, 3.05) is 12.4 Å². The van der Waals surface area contributed by atoms with Crippen LogP contribution in [0.2, 0.25) is 0 Å². The third kappa shape index (κ3) is 3.12. The largest absolute Gasteiger partial charge is 0.356 e. The van der Waals surface area contributed by atoms with Crippen LogP contribution >= 0.6 is 11.6 Å². The molecular formula is C15H20ClN3O. The van der Waals surface area contributed by atoms with E-state index in [-0.39, 0.29) is 5.91 Å². The SMILES string of the molecule is CCNC(=O)CCn1c(CCCl)nc2c(C)cccc21. The quantitative estimate of drug-likeness (QED) is 0.832. The number of hydrogen-bond donors (Lipinski definition) is 1. The summed E-state index contributed by atoms with van der Waals surface area (Å²) in [5.41, 5.74) is 3.23. The number of amides is 1. The molecule has 1 N–H and O–H groups in total. The molecule has 5 heteroatoms. The van der Waals surface area contributed by atoms with Gasteiger partial charge in [-0.2, -0.15) is 0 Å². The van der Waals surface area contributed by atoms with Crippen LogP contribution in [-0.2, 0) is 17.8 Å². The Hall–Kier alpha value is -1.55. The van der Waals surface area contributed by atoms with Crippen molar-refractivity contribution in [1.29, 1.82) is 0 Å². The lowest BCUT2D eigenvalue weighted by Gasteiger charge is -2.08. The minimum atomic E-state index is 0.0684. The van der Waals surface area contributed by atoms with Gasteiger partial charge in [0.15, 0.2) is 0 Å². The molecule has 0 saturated carbocycles. The Kier molecular flexibility index (Phi) is 5.01. The molecule has 0 aliphatic heterocycles. The lowest BCUT2D eigenvalue weighted by Crippen LogP contribution is -2.24. The van der Waals surface area contributed by atoms with E-state index in [4.69, 9.17) is 11.6 Å². The predicted molar refractivity (Wildman–Crippen MR) is 82.2 cm³/mol. The molecule has 1 heterocycles. The summed E-state index contributed by atoms with van der Waals surface area (Å²) in [6.45, 7) is 5.27. The molecule has 20 heavy (non-hydrogen) atoms. The van der Waals surface area contributed by atoms with Gasteiger partial charge in [0.25, 0.3) is 0 Å². The van der Waals surface area contributed by atoms with Crippen LogP contribution in [0.15, 0.2) is 18.2 Å². The van der Waals surface area contributed by atoms with Crippen molar-refractivity contribution in [3.63, 3.8) is 0 Å². The number of fused-ring (bicyclic) bond motifs is 1. The summed E-state index contributed by atoms with van der Waals surface area (Å²) in [7, 11) is 0. The Balaban J connectivity index is 2.31. The van der Waals surface area contributed by atoms with E-state index in [1.165, 1.54) is 0 Å². The lowest BCUT2D eigenvalue weighted by molar-refractivity contribution is -0.121. The Morgan fingerprint density at radius 1 is 1.45 bits per heavy atom. The summed E-state index contributed by atoms with van der Waals surface area (Å²) in [4.78, 5) is 16.3. The van der Waals surface area contributed by atoms with Crippen molar-refractivity contribution < 1.29 is 4.79 Å². The van der Waals surface area contributed by atoms with Gasteiger partial charge in [0.2, 0.25) is 5.91 Å². The molecule has 0 spiro atoms. The smallest absolute Gasteiger partial charge is 0.221 e. The molecule has 0 aliphatic carbocycles. The average molecular weight is 294 g/mol. The van der Waals surface area contributed by atoms with Crippen LogP contribution in [0, 0.1) is 6.92 Å². The van der Waals surface area contributed by atoms with E-state index in [0.29, 0.717) is 31.8 Å². The first-order valence-corrected chi connectivity index (χ1v) is 7.48. The van der Waals surface area contributed by atoms with Gasteiger partial charge in [0.05, 0.1) is 11.0 Å². The first kappa shape index (κ1) is 14.9. The number of nitrogens with zero attached hydrogens (tertiary/aromatic N) is 2. The van der Waals surface area contributed by atoms with Crippen LogP contribution in [0.4, 0.5) is 0 Å². The number of rotatable bonds is 6. The maximum atomic E-state index is 11.6. The lowest BCUT2D eigenvalue weighted by atomic mass is 10.2. The summed E-state index contributed by atoms with van der Waals surface area (Å²) in [6.07, 6.45) is 1.17. The predicted octanol–water partition coefficient (Wildman–Crippen LogP) is 2.65. The number of aryl methyl sites for hydroxylation is 3. The molecule has 108 valence electrons. The first-order valence-electron chi connectivity index (χ1n) is 6.94. The van der Waals surface area contributed by atoms with Crippen molar-refractivity contribution in [2.24, 2.45) is 0 Å². The summed E-state index contributed by atoms with van der Waals surface area (Å²) in [6, 6.07) is 6.12. The molecular weight excluding hydrogens is 274 g/mol. The molecule has 2 aromatic rings. The van der Waals surface area contributed by atoms with Gasteiger partial charge in [0.1, 0.15) is 5.82 Å². The number of para-hydroxylation sites is 1. The van der Waals surface area contributed by atoms with Gasteiger partial charge < -0.3 is 9.88 Å². The fraction of sp³-hybridized carbons (Fsp3) is 0.467. The zero-order chi connectivity index (χ0) is 14.5. The molecule has 0 saturated heterocycles. The summed E-state index contributed by atoms with van der Waals surface area (Å²) >= 11 is 5.86. The van der Waals surface area contributed by atoms with Gasteiger partial charge in [0, 0.05) is 31.8 Å². The minimum Gasteiger partial charge on any atom is -0.356 e. The third-order valence-corrected chi connectivity index (χ3v) is 3.50. The van der Waals surface area contributed by atoms with E-state index in [2.05, 4.69) is 14.9 Å². The second kappa shape index (κ2) is 6.75. The van der Waals surface area contributed by atoms with Crippen molar-refractivity contribution in [2.45, 2.75) is 33.2 Å². The molecule has 2 rings (SSSR count). The Morgan fingerprint density at radius 2 is 2.25 bits per heavy atom. The summed E-state index contributed by atoms with van der Waals surface area (Å²) in [5, 5.41) is 2.82. The van der Waals surface area contributed by atoms with Gasteiger partial charge in [-0.1, -0.05) is 12.1 Å². The van der Waals surface area contributed by atoms with Gasteiger partial charge in [-0.25, -0.2) is 4.98 Å². The molecule has 0 aliphatic rings. The molecule has 1 aromatic heterocycles. The summed E-state index contributed by atoms with van der Waals surface area (Å²) < 4.78 is 2.11. The highest BCUT2D eigenvalue weighted by Gasteiger charge is 2.12. The van der Waals surface area contributed by atoms with E-state index >= 15 is 0 Å². The van der Waals surface area contributed by atoms with Crippen LogP contribution in [0.5, 0.6) is 0 Å². The number of carbonyl (C=O) groups excluding carboxylic acids is 1. The maximum Gasteiger partial charge on any atom is 0.221 e. The van der Waals surface area contributed by atoms with Crippen molar-refractivity contribution in [1.82, 2.24) is 14.9 Å². The molecule has 0 fully saturated rings. The van der Waals surface area contributed by atoms with Crippen LogP contribution in [0.25, 0.3) is 11.0 Å². The number of benzene rings is 1. The number of carbonyl (C=O) groups is 1. The van der Waals surface area contributed by atoms with Crippen molar-refractivity contribution >= 4 is 28.5 Å². The first-order chi connectivity index (χ1) is 9.67. The van der Waals surface area contributed by atoms with Crippen molar-refractivity contribution in [3.8, 4) is 0 Å². The van der Waals surface area contributed by atoms with Crippen LogP contribution < -0.4 is 5.32 Å². The number of hydrogen-bond acceptors (Lipinski definition) is 2. The highest BCUT2D eigenvalue weighted by molar-refractivity contribution is 6.17. The maximum absolute atomic E-state index is 11.6. The number of aromatic nitrogens is 2. The Bertz CT molecular complexity index is 606. The van der Waals surface area contributed by atoms with Gasteiger partial charge in [-0.05, 0) is 25.5 Å². The fourth-order valence-electron chi connectivity index (χ4n) is 2.36. The Morgan fingerprint density at radius 3 is 2.95 bits per heavy atom. The van der Waals surface area contributed by atoms with Gasteiger partial charge in [-0.3, -0.25) is 4.79 Å². The Labute approximate surface area is 124 Å².